The topological polar surface area (TPSA) is 59.6 Å². The molecule has 0 saturated carbocycles. The van der Waals surface area contributed by atoms with E-state index in [0.29, 0.717) is 18.0 Å². The van der Waals surface area contributed by atoms with Gasteiger partial charge in [-0.1, -0.05) is 25.6 Å². The molecule has 2 rings (SSSR count). The van der Waals surface area contributed by atoms with Crippen LogP contribution in [0.2, 0.25) is 0 Å². The van der Waals surface area contributed by atoms with Crippen molar-refractivity contribution in [2.45, 2.75) is 26.4 Å². The summed E-state index contributed by atoms with van der Waals surface area (Å²) in [5.74, 6) is 1.38. The number of anilines is 2. The van der Waals surface area contributed by atoms with Gasteiger partial charge in [0.05, 0.1) is 12.6 Å². The van der Waals surface area contributed by atoms with Crippen molar-refractivity contribution in [3.05, 3.63) is 61.2 Å². The summed E-state index contributed by atoms with van der Waals surface area (Å²) in [6.07, 6.45) is 2.82. The minimum Gasteiger partial charge on any atom is -0.491 e. The predicted octanol–water partition coefficient (Wildman–Crippen LogP) is 4.48. The van der Waals surface area contributed by atoms with E-state index in [9.17, 15) is 4.79 Å². The Balaban J connectivity index is 1.82. The number of amides is 1. The lowest BCUT2D eigenvalue weighted by molar-refractivity contribution is -0.114. The van der Waals surface area contributed by atoms with Gasteiger partial charge in [0.15, 0.2) is 0 Å². The van der Waals surface area contributed by atoms with Gasteiger partial charge in [0, 0.05) is 17.4 Å². The second-order valence-electron chi connectivity index (χ2n) is 5.89. The predicted molar refractivity (Wildman–Crippen MR) is 106 cm³/mol. The fraction of sp³-hybridized carbons (Fsp3) is 0.286. The van der Waals surface area contributed by atoms with Crippen molar-refractivity contribution < 1.29 is 14.3 Å². The van der Waals surface area contributed by atoms with Crippen molar-refractivity contribution in [2.75, 3.05) is 23.8 Å². The van der Waals surface area contributed by atoms with Crippen LogP contribution in [-0.4, -0.2) is 25.2 Å². The summed E-state index contributed by atoms with van der Waals surface area (Å²) in [5.41, 5.74) is 1.55. The molecule has 0 aliphatic rings. The number of rotatable bonds is 10. The van der Waals surface area contributed by atoms with Gasteiger partial charge < -0.3 is 20.1 Å². The minimum atomic E-state index is -0.134. The molecule has 0 spiro atoms. The monoisotopic (exact) mass is 354 g/mol. The highest BCUT2D eigenvalue weighted by atomic mass is 16.5. The molecule has 0 fully saturated rings. The lowest BCUT2D eigenvalue weighted by atomic mass is 10.2. The molecule has 138 valence electrons. The highest BCUT2D eigenvalue weighted by molar-refractivity contribution is 5.93. The Morgan fingerprint density at radius 3 is 2.62 bits per heavy atom. The van der Waals surface area contributed by atoms with E-state index in [1.807, 2.05) is 49.4 Å². The highest BCUT2D eigenvalue weighted by Crippen LogP contribution is 2.19. The van der Waals surface area contributed by atoms with E-state index in [-0.39, 0.29) is 18.6 Å². The fourth-order valence-electron chi connectivity index (χ4n) is 2.17. The lowest BCUT2D eigenvalue weighted by Gasteiger charge is -2.13. The zero-order valence-electron chi connectivity index (χ0n) is 15.3. The molecule has 1 amide bonds. The van der Waals surface area contributed by atoms with Crippen LogP contribution in [-0.2, 0) is 4.79 Å². The molecule has 0 bridgehead atoms. The van der Waals surface area contributed by atoms with E-state index in [1.54, 1.807) is 12.1 Å². The molecule has 1 unspecified atom stereocenters. The first-order valence-electron chi connectivity index (χ1n) is 8.75. The Morgan fingerprint density at radius 1 is 1.15 bits per heavy atom. The van der Waals surface area contributed by atoms with Crippen LogP contribution >= 0.6 is 0 Å². The molecule has 5 nitrogen and oxygen atoms in total. The standard InChI is InChI=1S/C21H26N2O3/c1-4-13-25-20-8-6-7-18(14-20)23-21(24)15-22-17-9-11-19(12-10-17)26-16(3)5-2/h4,6-12,14,16,22H,1,5,13,15H2,2-3H3,(H,23,24). The Bertz CT molecular complexity index is 713. The number of carbonyl (C=O) groups excluding carboxylic acids is 1. The van der Waals surface area contributed by atoms with Crippen molar-refractivity contribution in [3.8, 4) is 11.5 Å². The number of hydrogen-bond donors (Lipinski definition) is 2. The average Bonchev–Trinajstić information content (AvgIpc) is 2.66. The second-order valence-corrected chi connectivity index (χ2v) is 5.89. The van der Waals surface area contributed by atoms with Crippen molar-refractivity contribution in [3.63, 3.8) is 0 Å². The van der Waals surface area contributed by atoms with E-state index in [1.165, 1.54) is 0 Å². The number of ether oxygens (including phenoxy) is 2. The van der Waals surface area contributed by atoms with Crippen LogP contribution in [0.25, 0.3) is 0 Å². The maximum absolute atomic E-state index is 12.1. The second kappa shape index (κ2) is 10.1. The van der Waals surface area contributed by atoms with Crippen molar-refractivity contribution in [2.24, 2.45) is 0 Å². The Labute approximate surface area is 155 Å². The van der Waals surface area contributed by atoms with Gasteiger partial charge in [-0.2, -0.15) is 0 Å². The molecule has 5 heteroatoms. The first-order valence-corrected chi connectivity index (χ1v) is 8.75. The summed E-state index contributed by atoms with van der Waals surface area (Å²) in [6.45, 7) is 8.33. The Kier molecular flexibility index (Phi) is 7.55. The van der Waals surface area contributed by atoms with Gasteiger partial charge in [0.1, 0.15) is 18.1 Å². The van der Waals surface area contributed by atoms with E-state index in [0.717, 1.165) is 17.9 Å². The summed E-state index contributed by atoms with van der Waals surface area (Å²) in [4.78, 5) is 12.1. The zero-order chi connectivity index (χ0) is 18.8. The van der Waals surface area contributed by atoms with Gasteiger partial charge in [-0.25, -0.2) is 0 Å². The van der Waals surface area contributed by atoms with Crippen LogP contribution in [0.4, 0.5) is 11.4 Å². The lowest BCUT2D eigenvalue weighted by Crippen LogP contribution is -2.21. The Morgan fingerprint density at radius 2 is 1.92 bits per heavy atom. The molecule has 1 atom stereocenters. The van der Waals surface area contributed by atoms with Crippen LogP contribution in [0, 0.1) is 0 Å². The van der Waals surface area contributed by atoms with Crippen LogP contribution in [0.5, 0.6) is 11.5 Å². The van der Waals surface area contributed by atoms with Crippen LogP contribution in [0.1, 0.15) is 20.3 Å². The summed E-state index contributed by atoms with van der Waals surface area (Å²) in [7, 11) is 0. The van der Waals surface area contributed by atoms with E-state index >= 15 is 0 Å². The molecule has 0 radical (unpaired) electrons. The number of hydrogen-bond acceptors (Lipinski definition) is 4. The molecular weight excluding hydrogens is 328 g/mol. The molecule has 0 aliphatic carbocycles. The zero-order valence-corrected chi connectivity index (χ0v) is 15.3. The minimum absolute atomic E-state index is 0.134. The third kappa shape index (κ3) is 6.51. The van der Waals surface area contributed by atoms with E-state index in [2.05, 4.69) is 24.1 Å². The molecule has 0 heterocycles. The smallest absolute Gasteiger partial charge is 0.243 e. The largest absolute Gasteiger partial charge is 0.491 e. The van der Waals surface area contributed by atoms with Gasteiger partial charge in [-0.3, -0.25) is 4.79 Å². The molecule has 0 saturated heterocycles. The fourth-order valence-corrected chi connectivity index (χ4v) is 2.17. The summed E-state index contributed by atoms with van der Waals surface area (Å²) < 4.78 is 11.2. The molecule has 2 aromatic rings. The van der Waals surface area contributed by atoms with Crippen molar-refractivity contribution >= 4 is 17.3 Å². The first kappa shape index (κ1) is 19.4. The van der Waals surface area contributed by atoms with E-state index < -0.39 is 0 Å². The first-order chi connectivity index (χ1) is 12.6. The number of nitrogens with one attached hydrogen (secondary N) is 2. The van der Waals surface area contributed by atoms with Crippen LogP contribution in [0.15, 0.2) is 61.2 Å². The van der Waals surface area contributed by atoms with E-state index in [4.69, 9.17) is 9.47 Å². The van der Waals surface area contributed by atoms with Gasteiger partial charge >= 0.3 is 0 Å². The molecule has 2 N–H and O–H groups in total. The third-order valence-electron chi connectivity index (χ3n) is 3.71. The third-order valence-corrected chi connectivity index (χ3v) is 3.71. The van der Waals surface area contributed by atoms with Crippen LogP contribution < -0.4 is 20.1 Å². The van der Waals surface area contributed by atoms with Crippen molar-refractivity contribution in [1.82, 2.24) is 0 Å². The van der Waals surface area contributed by atoms with Gasteiger partial charge in [-0.05, 0) is 49.7 Å². The van der Waals surface area contributed by atoms with Gasteiger partial charge in [0.2, 0.25) is 5.91 Å². The summed E-state index contributed by atoms with van der Waals surface area (Å²) in [5, 5.41) is 5.94. The summed E-state index contributed by atoms with van der Waals surface area (Å²) in [6, 6.07) is 14.9. The molecule has 0 aliphatic heterocycles. The normalized spacial score (nSPS) is 11.3. The van der Waals surface area contributed by atoms with Crippen LogP contribution in [0.3, 0.4) is 0 Å². The number of benzene rings is 2. The molecule has 26 heavy (non-hydrogen) atoms. The number of carbonyl (C=O) groups is 1. The van der Waals surface area contributed by atoms with Gasteiger partial charge in [0.25, 0.3) is 0 Å². The Hall–Kier alpha value is -2.95. The molecule has 0 aromatic heterocycles. The van der Waals surface area contributed by atoms with Crippen molar-refractivity contribution in [1.29, 1.82) is 0 Å². The maximum atomic E-state index is 12.1. The summed E-state index contributed by atoms with van der Waals surface area (Å²) >= 11 is 0. The molecular formula is C21H26N2O3. The SMILES string of the molecule is C=CCOc1cccc(NC(=O)CNc2ccc(OC(C)CC)cc2)c1. The molecule has 2 aromatic carbocycles. The van der Waals surface area contributed by atoms with Gasteiger partial charge in [-0.15, -0.1) is 0 Å². The highest BCUT2D eigenvalue weighted by Gasteiger charge is 2.05. The average molecular weight is 354 g/mol. The maximum Gasteiger partial charge on any atom is 0.243 e. The quantitative estimate of drug-likeness (QED) is 0.618.